The molecular formula is C114H76Ir4N8O4-8. The second-order valence-electron chi connectivity index (χ2n) is 28.6. The molecule has 12 heterocycles. The average Bonchev–Trinajstić information content (AvgIpc) is 1.63. The summed E-state index contributed by atoms with van der Waals surface area (Å²) in [6.45, 7) is 3.98. The topological polar surface area (TPSA) is 156 Å². The molecular weight excluding hydrogens is 2310 g/mol. The fourth-order valence-electron chi connectivity index (χ4n) is 14.0. The molecule has 0 amide bonds. The van der Waals surface area contributed by atoms with Crippen molar-refractivity contribution in [3.05, 3.63) is 485 Å². The molecule has 0 atom stereocenters. The van der Waals surface area contributed by atoms with E-state index in [0.29, 0.717) is 5.71 Å². The third kappa shape index (κ3) is 23.7. The van der Waals surface area contributed by atoms with Crippen LogP contribution in [0, 0.1) is 62.4 Å². The first-order valence-corrected chi connectivity index (χ1v) is 40.9. The zero-order valence-electron chi connectivity index (χ0n) is 70.0. The molecule has 0 saturated carbocycles. The second-order valence-corrected chi connectivity index (χ2v) is 28.6. The minimum atomic E-state index is 0. The number of hydrogen-bond donors (Lipinski definition) is 0. The Morgan fingerprint density at radius 1 is 0.208 bits per heavy atom. The molecule has 0 aliphatic heterocycles. The largest absolute Gasteiger partial charge is 0.457 e. The Hall–Kier alpha value is -14.4. The average molecular weight is 2390 g/mol. The maximum Gasteiger partial charge on any atom is 0.218 e. The fraction of sp³-hybridized carbons (Fsp3) is 0.0175. The zero-order chi connectivity index (χ0) is 85.3. The van der Waals surface area contributed by atoms with E-state index in [1.165, 1.54) is 0 Å². The number of pyridine rings is 8. The summed E-state index contributed by atoms with van der Waals surface area (Å²) in [5.74, 6) is 0. The van der Waals surface area contributed by atoms with E-state index in [4.69, 9.17) is 22.7 Å². The summed E-state index contributed by atoms with van der Waals surface area (Å²) in [4.78, 5) is 35.6. The Kier molecular flexibility index (Phi) is 33.7. The molecule has 12 nitrogen and oxygen atoms in total. The van der Waals surface area contributed by atoms with Gasteiger partial charge in [-0.3, -0.25) is 9.97 Å². The van der Waals surface area contributed by atoms with E-state index >= 15 is 0 Å². The van der Waals surface area contributed by atoms with E-state index in [1.54, 1.807) is 18.6 Å². The van der Waals surface area contributed by atoms with Gasteiger partial charge in [0.1, 0.15) is 39.0 Å². The van der Waals surface area contributed by atoms with E-state index in [2.05, 4.69) is 108 Å². The van der Waals surface area contributed by atoms with Crippen LogP contribution in [0.25, 0.3) is 178 Å². The van der Waals surface area contributed by atoms with Gasteiger partial charge in [0.25, 0.3) is 0 Å². The predicted octanol–water partition coefficient (Wildman–Crippen LogP) is 28.6. The molecule has 0 spiro atoms. The van der Waals surface area contributed by atoms with Gasteiger partial charge in [0, 0.05) is 154 Å². The van der Waals surface area contributed by atoms with Crippen LogP contribution in [0.15, 0.2) is 443 Å². The van der Waals surface area contributed by atoms with Gasteiger partial charge >= 0.3 is 0 Å². The zero-order valence-corrected chi connectivity index (χ0v) is 79.5. The van der Waals surface area contributed by atoms with Gasteiger partial charge in [-0.2, -0.15) is 0 Å². The SMILES string of the molecule is Cc1cccc(-c2[c-]cccc2)n1.Cc1cccc(-c2[c-]cccc2)n1.[Ir].[Ir].[Ir].[Ir].[c-]1ccccc1-c1cc2oc3ccccc3c2cn1.[c-]1ccccc1-c1ccc2c(n1)oc1ccccc12.[c-]1ccccc1-c1ccc2oc3ccccc3c2n1.[c-]1ccccc1-c1ccccn1.[c-]1ccccc1-c1ccccn1.[c-]1ccccc1-c1nccc2oc3ccccc3c12. The van der Waals surface area contributed by atoms with E-state index in [1.807, 2.05) is 396 Å². The van der Waals surface area contributed by atoms with Crippen molar-refractivity contribution in [3.63, 3.8) is 0 Å². The molecule has 4 radical (unpaired) electrons. The third-order valence-electron chi connectivity index (χ3n) is 20.0. The number of fused-ring (bicyclic) bond motifs is 12. The molecule has 16 heteroatoms. The molecule has 0 unspecified atom stereocenters. The van der Waals surface area contributed by atoms with Gasteiger partial charge in [0.2, 0.25) is 5.71 Å². The van der Waals surface area contributed by atoms with Gasteiger partial charge in [0.05, 0.1) is 0 Å². The van der Waals surface area contributed by atoms with E-state index < -0.39 is 0 Å². The molecule has 24 rings (SSSR count). The van der Waals surface area contributed by atoms with Crippen molar-refractivity contribution in [1.82, 2.24) is 39.9 Å². The summed E-state index contributed by atoms with van der Waals surface area (Å²) < 4.78 is 23.3. The maximum atomic E-state index is 5.86. The molecule has 130 heavy (non-hydrogen) atoms. The standard InChI is InChI=1S/4C17H10NO.2C12H10N.2C11H8N.4Ir/c1-2-6-12(7-3-1)15-10-17-14(11-18-15)13-8-4-5-9-16(13)19-17;1-2-6-12(7-3-1)15-11-10-14-13-8-4-5-9-16(13)19-17(14)18-15;1-2-6-12(7-3-1)14-10-11-16-17(18-14)13-8-4-5-9-15(13)19-16;1-2-6-12(7-3-1)17-16-13-8-4-5-9-14(13)19-15(16)10-11-18-17;2*1-10-6-5-9-12(13-10)11-7-3-2-4-8-11;2*1-2-6-10(7-3-1)11-8-4-5-9-12-11;;;;/h4*1-6,8-11H;2*2-7,9H,1H3;2*1-6,8-9H;;;;/q8*-1;;;;. The minimum absolute atomic E-state index is 0. The van der Waals surface area contributed by atoms with Crippen LogP contribution in [0.1, 0.15) is 11.4 Å². The molecule has 0 N–H and O–H groups in total. The number of hydrogen-bond acceptors (Lipinski definition) is 12. The molecule has 24 aromatic rings. The number of aryl methyl sites for hydroxylation is 2. The van der Waals surface area contributed by atoms with E-state index in [9.17, 15) is 0 Å². The molecule has 640 valence electrons. The number of aromatic nitrogens is 8. The van der Waals surface area contributed by atoms with Crippen LogP contribution < -0.4 is 0 Å². The van der Waals surface area contributed by atoms with E-state index in [-0.39, 0.29) is 80.4 Å². The van der Waals surface area contributed by atoms with Crippen LogP contribution in [0.2, 0.25) is 0 Å². The van der Waals surface area contributed by atoms with Crippen molar-refractivity contribution in [2.24, 2.45) is 0 Å². The summed E-state index contributed by atoms with van der Waals surface area (Å²) >= 11 is 0. The molecule has 0 saturated heterocycles. The van der Waals surface area contributed by atoms with Crippen LogP contribution in [-0.4, -0.2) is 39.9 Å². The van der Waals surface area contributed by atoms with Crippen molar-refractivity contribution in [2.75, 3.05) is 0 Å². The molecule has 12 aromatic carbocycles. The van der Waals surface area contributed by atoms with Crippen LogP contribution in [0.4, 0.5) is 0 Å². The van der Waals surface area contributed by atoms with Gasteiger partial charge in [-0.15, -0.1) is 287 Å². The van der Waals surface area contributed by atoms with Gasteiger partial charge < -0.3 is 47.6 Å². The fourth-order valence-corrected chi connectivity index (χ4v) is 14.0. The van der Waals surface area contributed by atoms with Crippen molar-refractivity contribution in [2.45, 2.75) is 13.8 Å². The van der Waals surface area contributed by atoms with Crippen LogP contribution in [0.5, 0.6) is 0 Å². The van der Waals surface area contributed by atoms with Gasteiger partial charge in [0.15, 0.2) is 5.58 Å². The van der Waals surface area contributed by atoms with Crippen LogP contribution in [0.3, 0.4) is 0 Å². The molecule has 0 bridgehead atoms. The Balaban J connectivity index is 0.000000127. The van der Waals surface area contributed by atoms with Crippen molar-refractivity contribution < 1.29 is 98.1 Å². The van der Waals surface area contributed by atoms with Crippen LogP contribution in [-0.2, 0) is 80.4 Å². The van der Waals surface area contributed by atoms with Crippen LogP contribution >= 0.6 is 0 Å². The predicted molar refractivity (Wildman–Crippen MR) is 507 cm³/mol. The van der Waals surface area contributed by atoms with Gasteiger partial charge in [-0.1, -0.05) is 133 Å². The first-order valence-electron chi connectivity index (χ1n) is 40.9. The van der Waals surface area contributed by atoms with Gasteiger partial charge in [-0.05, 0) is 132 Å². The molecule has 0 aliphatic carbocycles. The number of furan rings is 4. The number of rotatable bonds is 8. The molecule has 0 aliphatic rings. The normalized spacial score (nSPS) is 10.3. The van der Waals surface area contributed by atoms with Gasteiger partial charge in [-0.25, -0.2) is 0 Å². The summed E-state index contributed by atoms with van der Waals surface area (Å²) in [5, 5.41) is 7.52. The molecule has 12 aromatic heterocycles. The van der Waals surface area contributed by atoms with Crippen molar-refractivity contribution >= 4 is 88.0 Å². The smallest absolute Gasteiger partial charge is 0.218 e. The first kappa shape index (κ1) is 93.3. The number of nitrogens with zero attached hydrogens (tertiary/aromatic N) is 8. The Morgan fingerprint density at radius 2 is 0.562 bits per heavy atom. The number of benzene rings is 12. The quantitative estimate of drug-likeness (QED) is 0.133. The van der Waals surface area contributed by atoms with Crippen molar-refractivity contribution in [1.29, 1.82) is 0 Å². The summed E-state index contributed by atoms with van der Waals surface area (Å²) in [5.41, 5.74) is 25.4. The molecule has 0 fully saturated rings. The number of para-hydroxylation sites is 4. The minimum Gasteiger partial charge on any atom is -0.457 e. The van der Waals surface area contributed by atoms with E-state index in [0.717, 1.165) is 184 Å². The summed E-state index contributed by atoms with van der Waals surface area (Å²) in [7, 11) is 0. The van der Waals surface area contributed by atoms with Crippen molar-refractivity contribution in [3.8, 4) is 90.1 Å². The Labute approximate surface area is 807 Å². The second kappa shape index (κ2) is 46.9. The monoisotopic (exact) mass is 2390 g/mol. The Morgan fingerprint density at radius 3 is 1.02 bits per heavy atom. The first-order chi connectivity index (χ1) is 62.3. The third-order valence-corrected chi connectivity index (χ3v) is 20.0. The maximum absolute atomic E-state index is 5.86. The Bertz CT molecular complexity index is 7210. The summed E-state index contributed by atoms with van der Waals surface area (Å²) in [6, 6.07) is 156. The summed E-state index contributed by atoms with van der Waals surface area (Å²) in [6.07, 6.45) is 7.23.